The van der Waals surface area contributed by atoms with Crippen molar-refractivity contribution in [3.8, 4) is 5.75 Å². The van der Waals surface area contributed by atoms with Gasteiger partial charge in [-0.1, -0.05) is 13.8 Å². The zero-order chi connectivity index (χ0) is 18.8. The number of hydrogen-bond donors (Lipinski definition) is 1. The molecule has 1 aromatic rings. The predicted molar refractivity (Wildman–Crippen MR) is 97.5 cm³/mol. The van der Waals surface area contributed by atoms with Gasteiger partial charge in [0.2, 0.25) is 5.91 Å². The first-order valence-electron chi connectivity index (χ1n) is 8.68. The number of nitrogens with two attached hydrogens (primary N) is 1. The van der Waals surface area contributed by atoms with Crippen LogP contribution in [0.1, 0.15) is 38.1 Å². The van der Waals surface area contributed by atoms with Crippen LogP contribution < -0.4 is 10.5 Å². The fourth-order valence-corrected chi connectivity index (χ4v) is 3.10. The molecule has 2 amide bonds. The van der Waals surface area contributed by atoms with Crippen molar-refractivity contribution in [1.82, 2.24) is 9.80 Å². The van der Waals surface area contributed by atoms with E-state index < -0.39 is 11.6 Å². The predicted octanol–water partition coefficient (Wildman–Crippen LogP) is 1.74. The molecule has 6 nitrogen and oxygen atoms in total. The number of carbonyl (C=O) groups excluding carboxylic acids is 2. The molecule has 1 heterocycles. The molecule has 1 atom stereocenters. The fraction of sp³-hybridized carbons (Fsp3) is 0.579. The summed E-state index contributed by atoms with van der Waals surface area (Å²) >= 11 is 0. The second-order valence-electron chi connectivity index (χ2n) is 7.53. The normalized spacial score (nSPS) is 18.2. The molecule has 1 fully saturated rings. The summed E-state index contributed by atoms with van der Waals surface area (Å²) in [6, 6.07) is 6.59. The lowest BCUT2D eigenvalue weighted by Gasteiger charge is -2.47. The Kier molecular flexibility index (Phi) is 5.72. The molecule has 1 aromatic carbocycles. The third-order valence-corrected chi connectivity index (χ3v) is 4.80. The molecule has 25 heavy (non-hydrogen) atoms. The number of piperazine rings is 1. The van der Waals surface area contributed by atoms with Crippen LogP contribution in [0.25, 0.3) is 0 Å². The molecular formula is C19H29N3O3. The molecule has 1 aliphatic rings. The highest BCUT2D eigenvalue weighted by atomic mass is 16.5. The molecule has 138 valence electrons. The Labute approximate surface area is 149 Å². The summed E-state index contributed by atoms with van der Waals surface area (Å²) in [7, 11) is 1.60. The maximum atomic E-state index is 12.9. The minimum atomic E-state index is -0.500. The summed E-state index contributed by atoms with van der Waals surface area (Å²) < 4.78 is 5.14. The monoisotopic (exact) mass is 347 g/mol. The zero-order valence-electron chi connectivity index (χ0n) is 15.8. The zero-order valence-corrected chi connectivity index (χ0v) is 15.8. The summed E-state index contributed by atoms with van der Waals surface area (Å²) in [5.74, 6) is 0.732. The van der Waals surface area contributed by atoms with Gasteiger partial charge in [-0.25, -0.2) is 0 Å². The third kappa shape index (κ3) is 4.12. The van der Waals surface area contributed by atoms with E-state index in [2.05, 4.69) is 0 Å². The van der Waals surface area contributed by atoms with Gasteiger partial charge >= 0.3 is 0 Å². The Balaban J connectivity index is 2.12. The van der Waals surface area contributed by atoms with E-state index in [1.165, 1.54) is 0 Å². The van der Waals surface area contributed by atoms with Gasteiger partial charge in [-0.3, -0.25) is 9.59 Å². The van der Waals surface area contributed by atoms with Gasteiger partial charge in [-0.15, -0.1) is 0 Å². The molecule has 0 unspecified atom stereocenters. The number of carbonyl (C=O) groups is 2. The molecule has 0 saturated carbocycles. The Morgan fingerprint density at radius 2 is 1.76 bits per heavy atom. The molecule has 1 saturated heterocycles. The van der Waals surface area contributed by atoms with Crippen molar-refractivity contribution in [1.29, 1.82) is 0 Å². The highest BCUT2D eigenvalue weighted by molar-refractivity contribution is 5.95. The molecule has 6 heteroatoms. The number of ether oxygens (including phenoxy) is 1. The Morgan fingerprint density at radius 3 is 2.24 bits per heavy atom. The average Bonchev–Trinajstić information content (AvgIpc) is 2.59. The van der Waals surface area contributed by atoms with Crippen LogP contribution >= 0.6 is 0 Å². The van der Waals surface area contributed by atoms with Gasteiger partial charge in [0.1, 0.15) is 5.75 Å². The summed E-state index contributed by atoms with van der Waals surface area (Å²) in [5.41, 5.74) is 6.17. The third-order valence-electron chi connectivity index (χ3n) is 4.80. The quantitative estimate of drug-likeness (QED) is 0.900. The number of hydrogen-bond acceptors (Lipinski definition) is 4. The fourth-order valence-electron chi connectivity index (χ4n) is 3.10. The number of methoxy groups -OCH3 is 1. The second-order valence-corrected chi connectivity index (χ2v) is 7.53. The van der Waals surface area contributed by atoms with E-state index in [9.17, 15) is 9.59 Å². The van der Waals surface area contributed by atoms with Gasteiger partial charge < -0.3 is 20.3 Å². The summed E-state index contributed by atoms with van der Waals surface area (Å²) in [6.45, 7) is 9.32. The molecule has 0 bridgehead atoms. The lowest BCUT2D eigenvalue weighted by Crippen LogP contribution is -2.64. The summed E-state index contributed by atoms with van der Waals surface area (Å²) in [4.78, 5) is 29.0. The van der Waals surface area contributed by atoms with E-state index in [1.807, 2.05) is 32.6 Å². The van der Waals surface area contributed by atoms with Gasteiger partial charge in [0.05, 0.1) is 18.7 Å². The molecular weight excluding hydrogens is 318 g/mol. The van der Waals surface area contributed by atoms with Crippen LogP contribution in [0, 0.1) is 5.92 Å². The average molecular weight is 347 g/mol. The van der Waals surface area contributed by atoms with E-state index in [0.717, 1.165) is 0 Å². The second kappa shape index (κ2) is 7.44. The van der Waals surface area contributed by atoms with E-state index in [1.54, 1.807) is 36.3 Å². The van der Waals surface area contributed by atoms with Crippen molar-refractivity contribution in [2.45, 2.75) is 39.3 Å². The van der Waals surface area contributed by atoms with E-state index in [0.29, 0.717) is 30.9 Å². The van der Waals surface area contributed by atoms with Crippen LogP contribution in [-0.4, -0.2) is 59.9 Å². The van der Waals surface area contributed by atoms with Crippen molar-refractivity contribution in [3.05, 3.63) is 29.8 Å². The van der Waals surface area contributed by atoms with Crippen molar-refractivity contribution >= 4 is 11.8 Å². The molecule has 1 aliphatic heterocycles. The minimum absolute atomic E-state index is 0.0343. The van der Waals surface area contributed by atoms with Gasteiger partial charge in [0.25, 0.3) is 5.91 Å². The lowest BCUT2D eigenvalue weighted by molar-refractivity contribution is -0.137. The van der Waals surface area contributed by atoms with Crippen LogP contribution in [0.2, 0.25) is 0 Å². The first-order chi connectivity index (χ1) is 11.7. The van der Waals surface area contributed by atoms with Crippen LogP contribution in [-0.2, 0) is 4.79 Å². The van der Waals surface area contributed by atoms with Gasteiger partial charge in [0.15, 0.2) is 0 Å². The topological polar surface area (TPSA) is 75.9 Å². The SMILES string of the molecule is COc1ccc(C(=O)N2CCN(C(=O)[C@@H](N)C(C)C)CC2(C)C)cc1. The number of nitrogens with zero attached hydrogens (tertiary/aromatic N) is 2. The Hall–Kier alpha value is -2.08. The number of amides is 2. The maximum absolute atomic E-state index is 12.9. The largest absolute Gasteiger partial charge is 0.497 e. The van der Waals surface area contributed by atoms with Crippen LogP contribution in [0.4, 0.5) is 0 Å². The Bertz CT molecular complexity index is 625. The molecule has 0 aromatic heterocycles. The van der Waals surface area contributed by atoms with Gasteiger partial charge in [0, 0.05) is 25.2 Å². The first-order valence-corrected chi connectivity index (χ1v) is 8.68. The van der Waals surface area contributed by atoms with Crippen LogP contribution in [0.3, 0.4) is 0 Å². The van der Waals surface area contributed by atoms with Crippen molar-refractivity contribution in [3.63, 3.8) is 0 Å². The summed E-state index contributed by atoms with van der Waals surface area (Å²) in [6.07, 6.45) is 0. The molecule has 0 aliphatic carbocycles. The lowest BCUT2D eigenvalue weighted by atomic mass is 9.95. The standard InChI is InChI=1S/C19H29N3O3/c1-13(2)16(20)18(24)21-10-11-22(19(3,4)12-21)17(23)14-6-8-15(25-5)9-7-14/h6-9,13,16H,10-12,20H2,1-5H3/t16-/m0/s1. The highest BCUT2D eigenvalue weighted by Crippen LogP contribution is 2.25. The molecule has 0 radical (unpaired) electrons. The Morgan fingerprint density at radius 1 is 1.16 bits per heavy atom. The van der Waals surface area contributed by atoms with E-state index in [4.69, 9.17) is 10.5 Å². The van der Waals surface area contributed by atoms with Crippen molar-refractivity contribution in [2.75, 3.05) is 26.7 Å². The van der Waals surface area contributed by atoms with E-state index in [-0.39, 0.29) is 17.7 Å². The maximum Gasteiger partial charge on any atom is 0.254 e. The first kappa shape index (κ1) is 19.2. The number of rotatable bonds is 4. The van der Waals surface area contributed by atoms with Crippen molar-refractivity contribution < 1.29 is 14.3 Å². The number of benzene rings is 1. The van der Waals surface area contributed by atoms with Crippen molar-refractivity contribution in [2.24, 2.45) is 11.7 Å². The van der Waals surface area contributed by atoms with Gasteiger partial charge in [-0.2, -0.15) is 0 Å². The molecule has 0 spiro atoms. The van der Waals surface area contributed by atoms with Crippen LogP contribution in [0.15, 0.2) is 24.3 Å². The molecule has 2 N–H and O–H groups in total. The minimum Gasteiger partial charge on any atom is -0.497 e. The highest BCUT2D eigenvalue weighted by Gasteiger charge is 2.39. The van der Waals surface area contributed by atoms with Crippen LogP contribution in [0.5, 0.6) is 5.75 Å². The van der Waals surface area contributed by atoms with Gasteiger partial charge in [-0.05, 0) is 44.0 Å². The van der Waals surface area contributed by atoms with E-state index >= 15 is 0 Å². The molecule has 2 rings (SSSR count). The smallest absolute Gasteiger partial charge is 0.254 e. The summed E-state index contributed by atoms with van der Waals surface area (Å²) in [5, 5.41) is 0.